The molecule has 0 saturated carbocycles. The molecule has 0 radical (unpaired) electrons. The van der Waals surface area contributed by atoms with Crippen LogP contribution in [0, 0.1) is 0 Å². The Kier molecular flexibility index (Phi) is 7.50. The van der Waals surface area contributed by atoms with Crippen molar-refractivity contribution >= 4 is 23.7 Å². The van der Waals surface area contributed by atoms with Crippen LogP contribution in [0.2, 0.25) is 0 Å². The summed E-state index contributed by atoms with van der Waals surface area (Å²) in [5.74, 6) is 1.22. The molecule has 108 valence electrons. The van der Waals surface area contributed by atoms with Crippen LogP contribution < -0.4 is 10.6 Å². The van der Waals surface area contributed by atoms with Gasteiger partial charge in [0.2, 0.25) is 11.9 Å². The van der Waals surface area contributed by atoms with E-state index >= 15 is 0 Å². The molecule has 0 fully saturated rings. The van der Waals surface area contributed by atoms with Crippen molar-refractivity contribution in [3.63, 3.8) is 0 Å². The molecule has 1 aromatic heterocycles. The lowest BCUT2D eigenvalue weighted by molar-refractivity contribution is 0.147. The number of thioether (sulfide) groups is 1. The Morgan fingerprint density at radius 1 is 1.21 bits per heavy atom. The minimum absolute atomic E-state index is 0.294. The summed E-state index contributed by atoms with van der Waals surface area (Å²) in [6.45, 7) is 8.40. The number of ether oxygens (including phenoxy) is 1. The van der Waals surface area contributed by atoms with Crippen LogP contribution in [0.4, 0.5) is 11.9 Å². The normalized spacial score (nSPS) is 10.8. The van der Waals surface area contributed by atoms with E-state index in [4.69, 9.17) is 4.74 Å². The van der Waals surface area contributed by atoms with Crippen LogP contribution in [0.1, 0.15) is 27.2 Å². The fourth-order valence-corrected chi connectivity index (χ4v) is 1.72. The standard InChI is InChI=1S/C12H23N5OS/c1-5-18-8-6-7-13-10-15-11(14-9(2)3)17-12(16-10)19-4/h9H,5-8H2,1-4H3,(H2,13,14,15,16,17). The predicted molar refractivity (Wildman–Crippen MR) is 80.0 cm³/mol. The summed E-state index contributed by atoms with van der Waals surface area (Å²) in [5.41, 5.74) is 0. The van der Waals surface area contributed by atoms with Crippen LogP contribution in [-0.2, 0) is 4.74 Å². The van der Waals surface area contributed by atoms with E-state index in [9.17, 15) is 0 Å². The van der Waals surface area contributed by atoms with Gasteiger partial charge in [-0.1, -0.05) is 11.8 Å². The number of nitrogens with zero attached hydrogens (tertiary/aromatic N) is 3. The quantitative estimate of drug-likeness (QED) is 0.532. The Labute approximate surface area is 119 Å². The van der Waals surface area contributed by atoms with E-state index in [1.807, 2.05) is 13.2 Å². The van der Waals surface area contributed by atoms with Gasteiger partial charge in [-0.2, -0.15) is 15.0 Å². The molecule has 0 amide bonds. The summed E-state index contributed by atoms with van der Waals surface area (Å²) < 4.78 is 5.28. The highest BCUT2D eigenvalue weighted by Crippen LogP contribution is 2.14. The zero-order valence-electron chi connectivity index (χ0n) is 12.1. The highest BCUT2D eigenvalue weighted by Gasteiger charge is 2.06. The molecule has 1 heterocycles. The molecule has 19 heavy (non-hydrogen) atoms. The highest BCUT2D eigenvalue weighted by molar-refractivity contribution is 7.98. The average molecular weight is 285 g/mol. The highest BCUT2D eigenvalue weighted by atomic mass is 32.2. The van der Waals surface area contributed by atoms with Gasteiger partial charge in [0, 0.05) is 25.8 Å². The number of aromatic nitrogens is 3. The van der Waals surface area contributed by atoms with E-state index in [1.54, 1.807) is 0 Å². The third kappa shape index (κ3) is 6.58. The van der Waals surface area contributed by atoms with Crippen molar-refractivity contribution in [1.29, 1.82) is 0 Å². The fourth-order valence-electron chi connectivity index (χ4n) is 1.37. The van der Waals surface area contributed by atoms with Gasteiger partial charge < -0.3 is 15.4 Å². The van der Waals surface area contributed by atoms with Gasteiger partial charge in [0.15, 0.2) is 5.16 Å². The van der Waals surface area contributed by atoms with Crippen molar-refractivity contribution in [2.24, 2.45) is 0 Å². The van der Waals surface area contributed by atoms with Crippen molar-refractivity contribution < 1.29 is 4.74 Å². The van der Waals surface area contributed by atoms with Gasteiger partial charge in [-0.25, -0.2) is 0 Å². The van der Waals surface area contributed by atoms with E-state index < -0.39 is 0 Å². The lowest BCUT2D eigenvalue weighted by atomic mass is 10.4. The van der Waals surface area contributed by atoms with Gasteiger partial charge >= 0.3 is 0 Å². The largest absolute Gasteiger partial charge is 0.382 e. The third-order valence-electron chi connectivity index (χ3n) is 2.17. The lowest BCUT2D eigenvalue weighted by Gasteiger charge is -2.11. The molecule has 0 spiro atoms. The van der Waals surface area contributed by atoms with Crippen LogP contribution in [0.15, 0.2) is 5.16 Å². The van der Waals surface area contributed by atoms with Gasteiger partial charge in [0.05, 0.1) is 0 Å². The Hall–Kier alpha value is -1.08. The Balaban J connectivity index is 2.55. The summed E-state index contributed by atoms with van der Waals surface area (Å²) in [6.07, 6.45) is 2.88. The Morgan fingerprint density at radius 2 is 1.95 bits per heavy atom. The topological polar surface area (TPSA) is 72.0 Å². The Morgan fingerprint density at radius 3 is 2.58 bits per heavy atom. The Bertz CT molecular complexity index is 375. The molecular formula is C12H23N5OS. The SMILES string of the molecule is CCOCCCNc1nc(NC(C)C)nc(SC)n1. The first kappa shape index (κ1) is 16.0. The molecule has 7 heteroatoms. The van der Waals surface area contributed by atoms with Crippen LogP contribution in [0.3, 0.4) is 0 Å². The van der Waals surface area contributed by atoms with Gasteiger partial charge in [0.25, 0.3) is 0 Å². The van der Waals surface area contributed by atoms with Gasteiger partial charge in [-0.3, -0.25) is 0 Å². The maximum Gasteiger partial charge on any atom is 0.228 e. The van der Waals surface area contributed by atoms with E-state index in [-0.39, 0.29) is 0 Å². The van der Waals surface area contributed by atoms with Crippen LogP contribution in [-0.4, -0.2) is 47.0 Å². The molecule has 0 aromatic carbocycles. The summed E-state index contributed by atoms with van der Waals surface area (Å²) in [4.78, 5) is 13.0. The number of hydrogen-bond acceptors (Lipinski definition) is 7. The van der Waals surface area contributed by atoms with E-state index in [1.165, 1.54) is 11.8 Å². The molecule has 1 rings (SSSR count). The molecule has 6 nitrogen and oxygen atoms in total. The summed E-state index contributed by atoms with van der Waals surface area (Å²) in [6, 6.07) is 0.294. The minimum Gasteiger partial charge on any atom is -0.382 e. The van der Waals surface area contributed by atoms with Gasteiger partial charge in [0.1, 0.15) is 0 Å². The molecule has 0 aliphatic heterocycles. The van der Waals surface area contributed by atoms with Crippen LogP contribution in [0.5, 0.6) is 0 Å². The third-order valence-corrected chi connectivity index (χ3v) is 2.72. The zero-order valence-corrected chi connectivity index (χ0v) is 12.9. The molecule has 2 N–H and O–H groups in total. The maximum atomic E-state index is 5.28. The molecule has 0 bridgehead atoms. The molecule has 0 unspecified atom stereocenters. The first-order valence-electron chi connectivity index (χ1n) is 6.54. The smallest absolute Gasteiger partial charge is 0.228 e. The molecule has 0 saturated heterocycles. The molecule has 0 aliphatic rings. The van der Waals surface area contributed by atoms with Crippen molar-refractivity contribution in [3.8, 4) is 0 Å². The van der Waals surface area contributed by atoms with Crippen LogP contribution >= 0.6 is 11.8 Å². The van der Waals surface area contributed by atoms with Gasteiger partial charge in [-0.15, -0.1) is 0 Å². The predicted octanol–water partition coefficient (Wildman–Crippen LogP) is 2.25. The summed E-state index contributed by atoms with van der Waals surface area (Å²) in [5, 5.41) is 7.10. The maximum absolute atomic E-state index is 5.28. The number of anilines is 2. The van der Waals surface area contributed by atoms with E-state index in [0.29, 0.717) is 23.1 Å². The monoisotopic (exact) mass is 285 g/mol. The fraction of sp³-hybridized carbons (Fsp3) is 0.750. The second-order valence-corrected chi connectivity index (χ2v) is 5.02. The van der Waals surface area contributed by atoms with Gasteiger partial charge in [-0.05, 0) is 33.4 Å². The molecular weight excluding hydrogens is 262 g/mol. The number of hydrogen-bond donors (Lipinski definition) is 2. The summed E-state index contributed by atoms with van der Waals surface area (Å²) in [7, 11) is 0. The second-order valence-electron chi connectivity index (χ2n) is 4.25. The second kappa shape index (κ2) is 8.92. The van der Waals surface area contributed by atoms with Crippen molar-refractivity contribution in [2.45, 2.75) is 38.4 Å². The first-order chi connectivity index (χ1) is 9.15. The van der Waals surface area contributed by atoms with E-state index in [2.05, 4.69) is 39.4 Å². The molecule has 0 aliphatic carbocycles. The minimum atomic E-state index is 0.294. The van der Waals surface area contributed by atoms with Crippen molar-refractivity contribution in [1.82, 2.24) is 15.0 Å². The summed E-state index contributed by atoms with van der Waals surface area (Å²) >= 11 is 1.50. The van der Waals surface area contributed by atoms with Crippen molar-refractivity contribution in [3.05, 3.63) is 0 Å². The molecule has 0 atom stereocenters. The zero-order chi connectivity index (χ0) is 14.1. The first-order valence-corrected chi connectivity index (χ1v) is 7.76. The molecule has 1 aromatic rings. The average Bonchev–Trinajstić information content (AvgIpc) is 2.37. The van der Waals surface area contributed by atoms with E-state index in [0.717, 1.165) is 26.2 Å². The number of nitrogens with one attached hydrogen (secondary N) is 2. The lowest BCUT2D eigenvalue weighted by Crippen LogP contribution is -2.15. The van der Waals surface area contributed by atoms with Crippen LogP contribution in [0.25, 0.3) is 0 Å². The number of rotatable bonds is 9. The van der Waals surface area contributed by atoms with Crippen molar-refractivity contribution in [2.75, 3.05) is 36.6 Å².